The number of aliphatic hydroxyl groups is 3. The van der Waals surface area contributed by atoms with Crippen LogP contribution in [0.25, 0.3) is 11.0 Å². The van der Waals surface area contributed by atoms with Crippen molar-refractivity contribution in [3.8, 4) is 11.8 Å². The molecule has 5 atom stereocenters. The normalized spacial score (nSPS) is 22.7. The summed E-state index contributed by atoms with van der Waals surface area (Å²) in [5, 5.41) is 64.3. The quantitative estimate of drug-likeness (QED) is 0.151. The van der Waals surface area contributed by atoms with Crippen molar-refractivity contribution in [3.05, 3.63) is 46.4 Å². The first-order chi connectivity index (χ1) is 23.4. The van der Waals surface area contributed by atoms with Gasteiger partial charge in [-0.2, -0.15) is 5.26 Å². The van der Waals surface area contributed by atoms with Crippen molar-refractivity contribution < 1.29 is 49.2 Å². The number of nitrogens with zero attached hydrogens (tertiary/aromatic N) is 7. The van der Waals surface area contributed by atoms with Crippen LogP contribution in [-0.2, 0) is 20.7 Å². The fourth-order valence-corrected chi connectivity index (χ4v) is 6.02. The van der Waals surface area contributed by atoms with Gasteiger partial charge in [-0.05, 0) is 36.8 Å². The number of piperidine rings is 1. The van der Waals surface area contributed by atoms with E-state index in [1.165, 1.54) is 17.9 Å². The maximum absolute atomic E-state index is 14.2. The van der Waals surface area contributed by atoms with Gasteiger partial charge in [0.05, 0.1) is 22.1 Å². The second kappa shape index (κ2) is 14.4. The summed E-state index contributed by atoms with van der Waals surface area (Å²) >= 11 is 0. The molecule has 0 spiro atoms. The van der Waals surface area contributed by atoms with E-state index in [-0.39, 0.29) is 35.3 Å². The van der Waals surface area contributed by atoms with Crippen LogP contribution < -0.4 is 15.0 Å². The molecule has 19 nitrogen and oxygen atoms in total. The molecule has 1 aromatic carbocycles. The first-order valence-electron chi connectivity index (χ1n) is 15.2. The lowest BCUT2D eigenvalue weighted by atomic mass is 9.90. The third-order valence-electron chi connectivity index (χ3n) is 8.67. The van der Waals surface area contributed by atoms with Gasteiger partial charge in [-0.15, -0.1) is 0 Å². The second-order valence-corrected chi connectivity index (χ2v) is 11.7. The minimum absolute atomic E-state index is 0.130. The summed E-state index contributed by atoms with van der Waals surface area (Å²) in [6.45, 7) is 0.970. The predicted molar refractivity (Wildman–Crippen MR) is 168 cm³/mol. The third kappa shape index (κ3) is 6.93. The molecule has 2 aliphatic rings. The minimum Gasteiger partial charge on any atom is -0.479 e. The van der Waals surface area contributed by atoms with Crippen molar-refractivity contribution in [1.82, 2.24) is 19.4 Å². The van der Waals surface area contributed by atoms with E-state index >= 15 is 0 Å². The van der Waals surface area contributed by atoms with E-state index in [1.807, 2.05) is 6.07 Å². The van der Waals surface area contributed by atoms with E-state index in [4.69, 9.17) is 14.7 Å². The number of anilines is 2. The van der Waals surface area contributed by atoms with Gasteiger partial charge in [0.15, 0.2) is 11.8 Å². The summed E-state index contributed by atoms with van der Waals surface area (Å²) in [4.78, 5) is 60.3. The zero-order chi connectivity index (χ0) is 35.6. The van der Waals surface area contributed by atoms with Gasteiger partial charge in [0.2, 0.25) is 12.2 Å². The topological polar surface area (TPSA) is 267 Å². The van der Waals surface area contributed by atoms with Crippen LogP contribution in [0.5, 0.6) is 5.75 Å². The highest BCUT2D eigenvalue weighted by atomic mass is 16.7. The number of carbonyl (C=O) groups excluding carboxylic acids is 2. The SMILES string of the molecule is CNc1ncnc2c1c(CC1CCN(C(=O)CC#N)CC1)cn2C(=O)N(C)c1cc([N+](=O)[O-])ccc1O[C@@H]1O[C@H](C(=O)O)[C@@H](O)[C@H](O)[C@H]1O. The Balaban J connectivity index is 1.47. The Morgan fingerprint density at radius 2 is 1.90 bits per heavy atom. The molecule has 5 rings (SSSR count). The highest BCUT2D eigenvalue weighted by molar-refractivity contribution is 6.03. The maximum atomic E-state index is 14.2. The van der Waals surface area contributed by atoms with Gasteiger partial charge in [-0.1, -0.05) is 0 Å². The molecule has 2 saturated heterocycles. The number of aliphatic carboxylic acids is 1. The Labute approximate surface area is 278 Å². The van der Waals surface area contributed by atoms with Gasteiger partial charge in [0.25, 0.3) is 5.69 Å². The van der Waals surface area contributed by atoms with Gasteiger partial charge in [-0.25, -0.2) is 19.6 Å². The van der Waals surface area contributed by atoms with E-state index < -0.39 is 53.3 Å². The maximum Gasteiger partial charge on any atom is 0.335 e. The first kappa shape index (κ1) is 34.9. The van der Waals surface area contributed by atoms with Crippen molar-refractivity contribution in [2.24, 2.45) is 5.92 Å². The molecule has 2 aliphatic heterocycles. The summed E-state index contributed by atoms with van der Waals surface area (Å²) in [5.41, 5.74) is 0.352. The number of amides is 2. The lowest BCUT2D eigenvalue weighted by molar-refractivity contribution is -0.384. The zero-order valence-corrected chi connectivity index (χ0v) is 26.4. The number of carboxylic acid groups (broad SMARTS) is 1. The Morgan fingerprint density at radius 1 is 1.18 bits per heavy atom. The van der Waals surface area contributed by atoms with Gasteiger partial charge < -0.3 is 40.1 Å². The second-order valence-electron chi connectivity index (χ2n) is 11.7. The molecule has 2 fully saturated rings. The number of nitrogens with one attached hydrogen (secondary N) is 1. The first-order valence-corrected chi connectivity index (χ1v) is 15.2. The molecule has 4 heterocycles. The van der Waals surface area contributed by atoms with E-state index in [2.05, 4.69) is 15.3 Å². The number of aliphatic hydroxyl groups excluding tert-OH is 3. The summed E-state index contributed by atoms with van der Waals surface area (Å²) < 4.78 is 12.2. The number of rotatable bonds is 9. The number of nitro benzene ring substituents is 1. The monoisotopic (exact) mass is 682 g/mol. The van der Waals surface area contributed by atoms with Crippen molar-refractivity contribution in [2.45, 2.75) is 56.4 Å². The molecule has 0 unspecified atom stereocenters. The average Bonchev–Trinajstić information content (AvgIpc) is 3.46. The van der Waals surface area contributed by atoms with Crippen LogP contribution in [0.4, 0.5) is 22.0 Å². The smallest absolute Gasteiger partial charge is 0.335 e. The number of ether oxygens (including phenoxy) is 2. The molecule has 260 valence electrons. The van der Waals surface area contributed by atoms with E-state index in [9.17, 15) is 44.9 Å². The summed E-state index contributed by atoms with van der Waals surface area (Å²) in [7, 11) is 2.97. The van der Waals surface area contributed by atoms with Gasteiger partial charge >= 0.3 is 12.0 Å². The van der Waals surface area contributed by atoms with Gasteiger partial charge in [0, 0.05) is 45.5 Å². The molecule has 0 saturated carbocycles. The molecule has 0 bridgehead atoms. The van der Waals surface area contributed by atoms with Crippen LogP contribution >= 0.6 is 0 Å². The highest BCUT2D eigenvalue weighted by Gasteiger charge is 2.48. The van der Waals surface area contributed by atoms with Crippen LogP contribution in [0.2, 0.25) is 0 Å². The Bertz CT molecular complexity index is 1800. The van der Waals surface area contributed by atoms with Crippen LogP contribution in [0, 0.1) is 27.4 Å². The molecule has 3 aromatic rings. The van der Waals surface area contributed by atoms with Crippen molar-refractivity contribution in [3.63, 3.8) is 0 Å². The van der Waals surface area contributed by atoms with Crippen LogP contribution in [0.15, 0.2) is 30.7 Å². The molecule has 5 N–H and O–H groups in total. The summed E-state index contributed by atoms with van der Waals surface area (Å²) in [6.07, 6.45) is -5.20. The van der Waals surface area contributed by atoms with Crippen molar-refractivity contribution >= 4 is 46.1 Å². The largest absolute Gasteiger partial charge is 0.479 e. The fourth-order valence-electron chi connectivity index (χ4n) is 6.02. The van der Waals surface area contributed by atoms with Crippen molar-refractivity contribution in [2.75, 3.05) is 37.4 Å². The van der Waals surface area contributed by atoms with E-state index in [1.54, 1.807) is 18.1 Å². The molecule has 0 radical (unpaired) electrons. The number of non-ortho nitro benzene ring substituents is 1. The summed E-state index contributed by atoms with van der Waals surface area (Å²) in [6, 6.07) is 4.35. The lowest BCUT2D eigenvalue weighted by Gasteiger charge is -2.38. The average molecular weight is 683 g/mol. The number of nitriles is 1. The molecular weight excluding hydrogens is 648 g/mol. The predicted octanol–water partition coefficient (Wildman–Crippen LogP) is 0.451. The van der Waals surface area contributed by atoms with E-state index in [0.717, 1.165) is 28.7 Å². The summed E-state index contributed by atoms with van der Waals surface area (Å²) in [5.74, 6) is -1.53. The number of nitro groups is 1. The molecule has 2 aromatic heterocycles. The van der Waals surface area contributed by atoms with Crippen LogP contribution in [-0.4, -0.2) is 121 Å². The van der Waals surface area contributed by atoms with Crippen LogP contribution in [0.3, 0.4) is 0 Å². The Morgan fingerprint density at radius 3 is 2.53 bits per heavy atom. The Kier molecular flexibility index (Phi) is 10.2. The number of carboxylic acids is 1. The number of hydrogen-bond donors (Lipinski definition) is 5. The number of likely N-dealkylation sites (tertiary alicyclic amines) is 1. The fraction of sp³-hybridized carbons (Fsp3) is 0.467. The third-order valence-corrected chi connectivity index (χ3v) is 8.67. The molecular formula is C30H34N8O11. The number of aromatic nitrogens is 3. The molecule has 0 aliphatic carbocycles. The van der Waals surface area contributed by atoms with Crippen LogP contribution in [0.1, 0.15) is 24.8 Å². The number of hydrogen-bond acceptors (Lipinski definition) is 14. The highest BCUT2D eigenvalue weighted by Crippen LogP contribution is 2.36. The lowest BCUT2D eigenvalue weighted by Crippen LogP contribution is -2.61. The molecule has 2 amide bonds. The van der Waals surface area contributed by atoms with Gasteiger partial charge in [0.1, 0.15) is 42.6 Å². The molecule has 49 heavy (non-hydrogen) atoms. The van der Waals surface area contributed by atoms with Gasteiger partial charge in [-0.3, -0.25) is 24.4 Å². The van der Waals surface area contributed by atoms with Crippen molar-refractivity contribution in [1.29, 1.82) is 5.26 Å². The standard InChI is InChI=1S/C30H34N8O11/c1-32-26-21-16(11-15-6-9-36(10-7-15)20(39)5-8-31)13-37(27(21)34-14-33-26)30(45)35(2)18-12-17(38(46)47)3-4-19(18)48-29-24(42)22(40)23(41)25(49-29)28(43)44/h3-4,12-15,22-25,29,40-42H,5-7,9-11H2,1-2H3,(H,43,44)(H,32,33,34)/t22-,23-,24+,25-,29+/m0/s1. The number of fused-ring (bicyclic) bond motifs is 1. The zero-order valence-electron chi connectivity index (χ0n) is 26.4. The minimum atomic E-state index is -1.98. The molecule has 19 heteroatoms. The number of benzene rings is 1. The Hall–Kier alpha value is -5.42. The number of carbonyl (C=O) groups is 3. The van der Waals surface area contributed by atoms with E-state index in [0.29, 0.717) is 43.6 Å².